The average molecular weight is 267 g/mol. The molecule has 104 valence electrons. The van der Waals surface area contributed by atoms with E-state index < -0.39 is 17.3 Å². The molecule has 1 rings (SSSR count). The number of nitrogens with two attached hydrogens (primary N) is 1. The monoisotopic (exact) mass is 267 g/mol. The molecule has 19 heavy (non-hydrogen) atoms. The van der Waals surface area contributed by atoms with E-state index in [-0.39, 0.29) is 11.5 Å². The van der Waals surface area contributed by atoms with Crippen LogP contribution < -0.4 is 16.4 Å². The maximum absolute atomic E-state index is 13.6. The Morgan fingerprint density at radius 1 is 1.37 bits per heavy atom. The minimum Gasteiger partial charge on any atom is -0.372 e. The molecule has 0 atom stereocenters. The van der Waals surface area contributed by atoms with Crippen molar-refractivity contribution in [1.29, 1.82) is 0 Å². The van der Waals surface area contributed by atoms with Crippen molar-refractivity contribution in [2.75, 3.05) is 11.9 Å². The predicted octanol–water partition coefficient (Wildman–Crippen LogP) is 1.25. The summed E-state index contributed by atoms with van der Waals surface area (Å²) in [5.74, 6) is -1.74. The number of primary amides is 1. The molecule has 4 N–H and O–H groups in total. The first-order chi connectivity index (χ1) is 8.77. The van der Waals surface area contributed by atoms with E-state index in [1.807, 2.05) is 6.92 Å². The molecule has 0 spiro atoms. The van der Waals surface area contributed by atoms with Crippen LogP contribution >= 0.6 is 0 Å². The molecule has 0 aliphatic rings. The lowest BCUT2D eigenvalue weighted by molar-refractivity contribution is -0.124. The van der Waals surface area contributed by atoms with Crippen molar-refractivity contribution in [3.8, 4) is 0 Å². The van der Waals surface area contributed by atoms with Crippen LogP contribution in [0, 0.1) is 5.82 Å². The number of rotatable bonds is 5. The van der Waals surface area contributed by atoms with Crippen LogP contribution in [0.4, 0.5) is 10.1 Å². The van der Waals surface area contributed by atoms with Crippen LogP contribution in [-0.4, -0.2) is 23.9 Å². The van der Waals surface area contributed by atoms with Gasteiger partial charge in [0.1, 0.15) is 11.4 Å². The molecule has 0 heterocycles. The summed E-state index contributed by atoms with van der Waals surface area (Å²) < 4.78 is 13.6. The number of carbonyl (C=O) groups excluding carboxylic acids is 2. The second kappa shape index (κ2) is 5.69. The second-order valence-electron chi connectivity index (χ2n) is 4.67. The molecular weight excluding hydrogens is 249 g/mol. The number of carbonyl (C=O) groups is 2. The number of hydrogen-bond acceptors (Lipinski definition) is 3. The van der Waals surface area contributed by atoms with E-state index in [0.29, 0.717) is 12.2 Å². The molecule has 0 saturated heterocycles. The third-order valence-corrected chi connectivity index (χ3v) is 2.60. The third-order valence-electron chi connectivity index (χ3n) is 2.60. The van der Waals surface area contributed by atoms with Gasteiger partial charge in [0, 0.05) is 12.2 Å². The Labute approximate surface area is 111 Å². The van der Waals surface area contributed by atoms with E-state index in [2.05, 4.69) is 10.6 Å². The number of anilines is 1. The predicted molar refractivity (Wildman–Crippen MR) is 71.3 cm³/mol. The molecule has 0 aliphatic carbocycles. The van der Waals surface area contributed by atoms with Crippen molar-refractivity contribution in [1.82, 2.24) is 5.32 Å². The average Bonchev–Trinajstić information content (AvgIpc) is 2.28. The quantitative estimate of drug-likeness (QED) is 0.750. The standard InChI is InChI=1S/C13H18FN3O2/c1-4-16-12(19)13(2,3)17-8-5-6-9(11(15)18)10(14)7-8/h5-7,17H,4H2,1-3H3,(H2,15,18)(H,16,19). The molecule has 0 aliphatic heterocycles. The number of benzene rings is 1. The molecule has 0 bridgehead atoms. The lowest BCUT2D eigenvalue weighted by atomic mass is 10.0. The summed E-state index contributed by atoms with van der Waals surface area (Å²) in [5.41, 5.74) is 4.35. The van der Waals surface area contributed by atoms with E-state index in [9.17, 15) is 14.0 Å². The largest absolute Gasteiger partial charge is 0.372 e. The summed E-state index contributed by atoms with van der Waals surface area (Å²) in [6.07, 6.45) is 0. The molecule has 0 radical (unpaired) electrons. The fourth-order valence-electron chi connectivity index (χ4n) is 1.59. The fraction of sp³-hybridized carbons (Fsp3) is 0.385. The summed E-state index contributed by atoms with van der Waals surface area (Å²) in [6.45, 7) is 5.68. The van der Waals surface area contributed by atoms with Gasteiger partial charge in [0.2, 0.25) is 5.91 Å². The normalized spacial score (nSPS) is 10.9. The summed E-state index contributed by atoms with van der Waals surface area (Å²) in [7, 11) is 0. The SMILES string of the molecule is CCNC(=O)C(C)(C)Nc1ccc(C(N)=O)c(F)c1. The summed E-state index contributed by atoms with van der Waals surface area (Å²) in [6, 6.07) is 3.93. The summed E-state index contributed by atoms with van der Waals surface area (Å²) in [4.78, 5) is 22.7. The molecule has 0 aromatic heterocycles. The Balaban J connectivity index is 2.91. The zero-order chi connectivity index (χ0) is 14.6. The summed E-state index contributed by atoms with van der Waals surface area (Å²) in [5, 5.41) is 5.59. The van der Waals surface area contributed by atoms with Crippen molar-refractivity contribution >= 4 is 17.5 Å². The molecule has 6 heteroatoms. The van der Waals surface area contributed by atoms with Crippen LogP contribution in [0.1, 0.15) is 31.1 Å². The maximum Gasteiger partial charge on any atom is 0.251 e. The number of nitrogens with one attached hydrogen (secondary N) is 2. The zero-order valence-corrected chi connectivity index (χ0v) is 11.2. The fourth-order valence-corrected chi connectivity index (χ4v) is 1.59. The first-order valence-electron chi connectivity index (χ1n) is 5.93. The van der Waals surface area contributed by atoms with Crippen molar-refractivity contribution < 1.29 is 14.0 Å². The first kappa shape index (κ1) is 14.9. The van der Waals surface area contributed by atoms with Crippen molar-refractivity contribution in [2.45, 2.75) is 26.3 Å². The van der Waals surface area contributed by atoms with Gasteiger partial charge < -0.3 is 16.4 Å². The lowest BCUT2D eigenvalue weighted by Crippen LogP contribution is -2.47. The lowest BCUT2D eigenvalue weighted by Gasteiger charge is -2.26. The zero-order valence-electron chi connectivity index (χ0n) is 11.2. The topological polar surface area (TPSA) is 84.2 Å². The molecule has 1 aromatic carbocycles. The van der Waals surface area contributed by atoms with E-state index in [0.717, 1.165) is 6.07 Å². The highest BCUT2D eigenvalue weighted by molar-refractivity contribution is 5.93. The Morgan fingerprint density at radius 2 is 2.00 bits per heavy atom. The third kappa shape index (κ3) is 3.67. The van der Waals surface area contributed by atoms with E-state index >= 15 is 0 Å². The van der Waals surface area contributed by atoms with Crippen LogP contribution in [0.3, 0.4) is 0 Å². The van der Waals surface area contributed by atoms with Crippen LogP contribution in [0.5, 0.6) is 0 Å². The highest BCUT2D eigenvalue weighted by Gasteiger charge is 2.27. The van der Waals surface area contributed by atoms with Crippen molar-refractivity contribution in [2.24, 2.45) is 5.73 Å². The van der Waals surface area contributed by atoms with Gasteiger partial charge in [-0.3, -0.25) is 9.59 Å². The molecule has 1 aromatic rings. The molecule has 0 unspecified atom stereocenters. The number of likely N-dealkylation sites (N-methyl/N-ethyl adjacent to an activating group) is 1. The highest BCUT2D eigenvalue weighted by Crippen LogP contribution is 2.18. The van der Waals surface area contributed by atoms with Crippen molar-refractivity contribution in [3.05, 3.63) is 29.6 Å². The van der Waals surface area contributed by atoms with Gasteiger partial charge in [0.25, 0.3) is 5.91 Å². The minimum absolute atomic E-state index is 0.179. The Bertz CT molecular complexity index is 501. The summed E-state index contributed by atoms with van der Waals surface area (Å²) >= 11 is 0. The van der Waals surface area contributed by atoms with Crippen LogP contribution in [0.2, 0.25) is 0 Å². The Morgan fingerprint density at radius 3 is 2.47 bits per heavy atom. The molecule has 0 saturated carbocycles. The van der Waals surface area contributed by atoms with Crippen molar-refractivity contribution in [3.63, 3.8) is 0 Å². The Hall–Kier alpha value is -2.11. The van der Waals surface area contributed by atoms with Gasteiger partial charge in [-0.25, -0.2) is 4.39 Å². The van der Waals surface area contributed by atoms with Gasteiger partial charge in [-0.05, 0) is 39.0 Å². The van der Waals surface area contributed by atoms with Gasteiger partial charge in [-0.15, -0.1) is 0 Å². The molecule has 5 nitrogen and oxygen atoms in total. The van der Waals surface area contributed by atoms with Crippen LogP contribution in [-0.2, 0) is 4.79 Å². The van der Waals surface area contributed by atoms with Crippen LogP contribution in [0.15, 0.2) is 18.2 Å². The van der Waals surface area contributed by atoms with Gasteiger partial charge in [0.15, 0.2) is 0 Å². The number of amides is 2. The van der Waals surface area contributed by atoms with E-state index in [1.54, 1.807) is 13.8 Å². The Kier molecular flexibility index (Phi) is 4.47. The second-order valence-corrected chi connectivity index (χ2v) is 4.67. The molecule has 2 amide bonds. The van der Waals surface area contributed by atoms with Gasteiger partial charge in [-0.2, -0.15) is 0 Å². The molecular formula is C13H18FN3O2. The van der Waals surface area contributed by atoms with E-state index in [1.165, 1.54) is 12.1 Å². The smallest absolute Gasteiger partial charge is 0.251 e. The van der Waals surface area contributed by atoms with Gasteiger partial charge >= 0.3 is 0 Å². The van der Waals surface area contributed by atoms with E-state index in [4.69, 9.17) is 5.73 Å². The number of halogens is 1. The van der Waals surface area contributed by atoms with Crippen LogP contribution in [0.25, 0.3) is 0 Å². The number of hydrogen-bond donors (Lipinski definition) is 3. The maximum atomic E-state index is 13.6. The van der Waals surface area contributed by atoms with Gasteiger partial charge in [-0.1, -0.05) is 0 Å². The molecule has 0 fully saturated rings. The van der Waals surface area contributed by atoms with Gasteiger partial charge in [0.05, 0.1) is 5.56 Å². The highest BCUT2D eigenvalue weighted by atomic mass is 19.1. The first-order valence-corrected chi connectivity index (χ1v) is 5.93. The minimum atomic E-state index is -0.892.